The van der Waals surface area contributed by atoms with E-state index in [0.29, 0.717) is 0 Å². The second-order valence-electron chi connectivity index (χ2n) is 4.08. The molecule has 0 atom stereocenters. The van der Waals surface area contributed by atoms with E-state index in [-0.39, 0.29) is 0 Å². The fraction of sp³-hybridized carbons (Fsp3) is 0.333. The highest BCUT2D eigenvalue weighted by atomic mass is 35.6. The maximum atomic E-state index is 6.35. The van der Waals surface area contributed by atoms with E-state index in [9.17, 15) is 0 Å². The molecular formula is C12H17ClSi. The maximum absolute atomic E-state index is 6.35. The summed E-state index contributed by atoms with van der Waals surface area (Å²) < 4.78 is 0. The summed E-state index contributed by atoms with van der Waals surface area (Å²) in [5, 5.41) is 0. The zero-order valence-electron chi connectivity index (χ0n) is 9.05. The maximum Gasteiger partial charge on any atom is 0.154 e. The van der Waals surface area contributed by atoms with Gasteiger partial charge in [0.2, 0.25) is 0 Å². The van der Waals surface area contributed by atoms with Gasteiger partial charge < -0.3 is 0 Å². The van der Waals surface area contributed by atoms with Gasteiger partial charge in [-0.25, -0.2) is 0 Å². The second kappa shape index (κ2) is 4.81. The van der Waals surface area contributed by atoms with E-state index in [1.165, 1.54) is 11.1 Å². The predicted octanol–water partition coefficient (Wildman–Crippen LogP) is 4.53. The first-order chi connectivity index (χ1) is 6.53. The molecule has 0 saturated heterocycles. The molecule has 2 heteroatoms. The van der Waals surface area contributed by atoms with Crippen LogP contribution in [-0.4, -0.2) is 7.38 Å². The van der Waals surface area contributed by atoms with Crippen molar-refractivity contribution in [1.29, 1.82) is 0 Å². The summed E-state index contributed by atoms with van der Waals surface area (Å²) in [5.41, 5.74) is 2.67. The Hall–Kier alpha value is -0.533. The normalized spacial score (nSPS) is 13.0. The molecule has 0 heterocycles. The van der Waals surface area contributed by atoms with E-state index < -0.39 is 7.38 Å². The Kier molecular flexibility index (Phi) is 3.96. The molecule has 1 aromatic carbocycles. The van der Waals surface area contributed by atoms with Gasteiger partial charge in [0.15, 0.2) is 7.38 Å². The molecule has 0 nitrogen and oxygen atoms in total. The lowest BCUT2D eigenvalue weighted by atomic mass is 10.1. The van der Waals surface area contributed by atoms with Crippen molar-refractivity contribution < 1.29 is 0 Å². The standard InChI is InChI=1S/C12H17ClSi/c1-4-11(10-14(2,3)13)12-8-6-5-7-9-12/h4-9H,10H2,1-3H3/b11-4-. The molecule has 0 amide bonds. The van der Waals surface area contributed by atoms with Crippen molar-refractivity contribution in [2.24, 2.45) is 0 Å². The van der Waals surface area contributed by atoms with Gasteiger partial charge in [0.1, 0.15) is 0 Å². The quantitative estimate of drug-likeness (QED) is 0.523. The topological polar surface area (TPSA) is 0 Å². The van der Waals surface area contributed by atoms with Crippen LogP contribution in [0.3, 0.4) is 0 Å². The van der Waals surface area contributed by atoms with E-state index >= 15 is 0 Å². The highest BCUT2D eigenvalue weighted by Crippen LogP contribution is 2.27. The largest absolute Gasteiger partial charge is 0.167 e. The zero-order chi connectivity index (χ0) is 10.6. The minimum absolute atomic E-state index is 1.04. The first-order valence-corrected chi connectivity index (χ1v) is 9.14. The van der Waals surface area contributed by atoms with Crippen LogP contribution in [0, 0.1) is 0 Å². The van der Waals surface area contributed by atoms with Crippen LogP contribution in [0.4, 0.5) is 0 Å². The van der Waals surface area contributed by atoms with E-state index in [2.05, 4.69) is 50.4 Å². The molecule has 0 aliphatic heterocycles. The monoisotopic (exact) mass is 224 g/mol. The van der Waals surface area contributed by atoms with Gasteiger partial charge in [0.05, 0.1) is 0 Å². The van der Waals surface area contributed by atoms with Crippen LogP contribution < -0.4 is 0 Å². The molecule has 76 valence electrons. The number of rotatable bonds is 3. The summed E-state index contributed by atoms with van der Waals surface area (Å²) in [6.07, 6.45) is 2.17. The molecule has 0 fully saturated rings. The molecule has 0 aliphatic rings. The van der Waals surface area contributed by atoms with Gasteiger partial charge in [-0.1, -0.05) is 49.5 Å². The van der Waals surface area contributed by atoms with Crippen LogP contribution in [0.25, 0.3) is 5.57 Å². The smallest absolute Gasteiger partial charge is 0.154 e. The molecule has 0 aromatic heterocycles. The lowest BCUT2D eigenvalue weighted by Crippen LogP contribution is -2.16. The summed E-state index contributed by atoms with van der Waals surface area (Å²) in [6.45, 7) is 6.45. The number of halogens is 1. The third-order valence-corrected chi connectivity index (χ3v) is 3.73. The molecule has 0 unspecified atom stereocenters. The predicted molar refractivity (Wildman–Crippen MR) is 68.2 cm³/mol. The van der Waals surface area contributed by atoms with Gasteiger partial charge in [-0.15, -0.1) is 0 Å². The highest BCUT2D eigenvalue weighted by molar-refractivity contribution is 7.19. The number of hydrogen-bond donors (Lipinski definition) is 0. The van der Waals surface area contributed by atoms with Gasteiger partial charge in [-0.2, -0.15) is 11.1 Å². The van der Waals surface area contributed by atoms with Gasteiger partial charge >= 0.3 is 0 Å². The second-order valence-corrected chi connectivity index (χ2v) is 10.9. The van der Waals surface area contributed by atoms with Gasteiger partial charge in [0.25, 0.3) is 0 Å². The molecule has 0 radical (unpaired) electrons. The molecule has 0 saturated carbocycles. The molecule has 1 aromatic rings. The van der Waals surface area contributed by atoms with Crippen molar-refractivity contribution in [3.8, 4) is 0 Å². The molecular weight excluding hydrogens is 208 g/mol. The summed E-state index contributed by atoms with van der Waals surface area (Å²) in [7, 11) is -1.52. The summed E-state index contributed by atoms with van der Waals surface area (Å²) in [4.78, 5) is 0. The number of hydrogen-bond acceptors (Lipinski definition) is 0. The van der Waals surface area contributed by atoms with E-state index in [4.69, 9.17) is 11.1 Å². The van der Waals surface area contributed by atoms with E-state index in [1.54, 1.807) is 0 Å². The van der Waals surface area contributed by atoms with Gasteiger partial charge in [-0.05, 0) is 24.1 Å². The Morgan fingerprint density at radius 3 is 2.29 bits per heavy atom. The van der Waals surface area contributed by atoms with Crippen LogP contribution in [0.1, 0.15) is 12.5 Å². The van der Waals surface area contributed by atoms with Gasteiger partial charge in [-0.3, -0.25) is 0 Å². The van der Waals surface area contributed by atoms with E-state index in [1.807, 2.05) is 6.07 Å². The van der Waals surface area contributed by atoms with E-state index in [0.717, 1.165) is 6.04 Å². The molecule has 14 heavy (non-hydrogen) atoms. The van der Waals surface area contributed by atoms with Crippen molar-refractivity contribution in [2.75, 3.05) is 0 Å². The molecule has 1 rings (SSSR count). The van der Waals surface area contributed by atoms with Gasteiger partial charge in [0, 0.05) is 0 Å². The molecule has 0 spiro atoms. The first-order valence-electron chi connectivity index (χ1n) is 4.92. The summed E-state index contributed by atoms with van der Waals surface area (Å²) >= 11 is 6.35. The molecule has 0 N–H and O–H groups in total. The Bertz CT molecular complexity index is 309. The van der Waals surface area contributed by atoms with Crippen LogP contribution in [-0.2, 0) is 0 Å². The Labute approximate surface area is 92.3 Å². The minimum Gasteiger partial charge on any atom is -0.167 e. The number of benzene rings is 1. The third kappa shape index (κ3) is 3.68. The van der Waals surface area contributed by atoms with Crippen LogP contribution in [0.2, 0.25) is 19.1 Å². The van der Waals surface area contributed by atoms with Crippen LogP contribution in [0.5, 0.6) is 0 Å². The summed E-state index contributed by atoms with van der Waals surface area (Å²) in [5.74, 6) is 0. The average Bonchev–Trinajstić information content (AvgIpc) is 2.14. The highest BCUT2D eigenvalue weighted by Gasteiger charge is 2.19. The fourth-order valence-electron chi connectivity index (χ4n) is 1.48. The lowest BCUT2D eigenvalue weighted by Gasteiger charge is -2.15. The lowest BCUT2D eigenvalue weighted by molar-refractivity contribution is 1.50. The van der Waals surface area contributed by atoms with Crippen LogP contribution >= 0.6 is 11.1 Å². The fourth-order valence-corrected chi connectivity index (χ4v) is 3.22. The zero-order valence-corrected chi connectivity index (χ0v) is 10.8. The SMILES string of the molecule is C/C=C(/C[Si](C)(C)Cl)c1ccccc1. The Morgan fingerprint density at radius 2 is 1.86 bits per heavy atom. The van der Waals surface area contributed by atoms with Crippen molar-refractivity contribution in [3.05, 3.63) is 42.0 Å². The third-order valence-electron chi connectivity index (χ3n) is 2.10. The van der Waals surface area contributed by atoms with Crippen molar-refractivity contribution in [3.63, 3.8) is 0 Å². The van der Waals surface area contributed by atoms with Crippen molar-refractivity contribution in [1.82, 2.24) is 0 Å². The average molecular weight is 225 g/mol. The minimum atomic E-state index is -1.52. The summed E-state index contributed by atoms with van der Waals surface area (Å²) in [6, 6.07) is 11.5. The van der Waals surface area contributed by atoms with Crippen molar-refractivity contribution >= 4 is 24.0 Å². The molecule has 0 bridgehead atoms. The Morgan fingerprint density at radius 1 is 1.29 bits per heavy atom. The van der Waals surface area contributed by atoms with Crippen LogP contribution in [0.15, 0.2) is 36.4 Å². The number of allylic oxidation sites excluding steroid dienone is 2. The van der Waals surface area contributed by atoms with Crippen molar-refractivity contribution in [2.45, 2.75) is 26.1 Å². The molecule has 0 aliphatic carbocycles. The first kappa shape index (κ1) is 11.5. The Balaban J connectivity index is 2.85.